The molecule has 3 nitrogen and oxygen atoms in total. The zero-order valence-electron chi connectivity index (χ0n) is 8.79. The van der Waals surface area contributed by atoms with E-state index in [1.165, 1.54) is 12.1 Å². The van der Waals surface area contributed by atoms with Gasteiger partial charge in [0, 0.05) is 18.7 Å². The zero-order chi connectivity index (χ0) is 10.1. The zero-order valence-corrected chi connectivity index (χ0v) is 8.79. The molecule has 1 unspecified atom stereocenters. The number of aryl methyl sites for hydroxylation is 1. The van der Waals surface area contributed by atoms with Crippen LogP contribution in [0.15, 0.2) is 0 Å². The van der Waals surface area contributed by atoms with E-state index in [9.17, 15) is 4.79 Å². The molecule has 1 aliphatic rings. The maximum absolute atomic E-state index is 10.5. The summed E-state index contributed by atoms with van der Waals surface area (Å²) in [6.07, 6.45) is 3.71. The van der Waals surface area contributed by atoms with Crippen LogP contribution in [-0.4, -0.2) is 15.8 Å². The van der Waals surface area contributed by atoms with Crippen LogP contribution in [0, 0.1) is 12.8 Å². The van der Waals surface area contributed by atoms with Gasteiger partial charge < -0.3 is 9.36 Å². The largest absolute Gasteiger partial charge is 0.332 e. The lowest BCUT2D eigenvalue weighted by atomic mass is 9.98. The second kappa shape index (κ2) is 3.56. The van der Waals surface area contributed by atoms with E-state index in [-0.39, 0.29) is 0 Å². The van der Waals surface area contributed by atoms with Crippen LogP contribution < -0.4 is 0 Å². The summed E-state index contributed by atoms with van der Waals surface area (Å²) < 4.78 is 2.27. The second-order valence-corrected chi connectivity index (χ2v) is 4.18. The summed E-state index contributed by atoms with van der Waals surface area (Å²) in [5, 5.41) is 0. The van der Waals surface area contributed by atoms with Gasteiger partial charge in [-0.1, -0.05) is 6.92 Å². The van der Waals surface area contributed by atoms with Gasteiger partial charge in [0.25, 0.3) is 0 Å². The Balaban J connectivity index is 2.38. The molecular weight excluding hydrogens is 176 g/mol. The topological polar surface area (TPSA) is 34.9 Å². The summed E-state index contributed by atoms with van der Waals surface area (Å²) >= 11 is 0. The van der Waals surface area contributed by atoms with Gasteiger partial charge in [-0.25, -0.2) is 4.98 Å². The summed E-state index contributed by atoms with van der Waals surface area (Å²) in [4.78, 5) is 14.9. The van der Waals surface area contributed by atoms with Gasteiger partial charge in [-0.15, -0.1) is 0 Å². The fourth-order valence-corrected chi connectivity index (χ4v) is 2.22. The summed E-state index contributed by atoms with van der Waals surface area (Å²) in [7, 11) is 0. The molecule has 0 bridgehead atoms. The normalized spacial score (nSPS) is 20.6. The first kappa shape index (κ1) is 9.44. The minimum atomic E-state index is 0.470. The van der Waals surface area contributed by atoms with Gasteiger partial charge in [0.2, 0.25) is 0 Å². The standard InChI is InChI=1S/C11H16N2O/c1-8-3-4-11-10(5-6-14)12-9(2)13(11)7-8/h6,8H,3-5,7H2,1-2H3. The van der Waals surface area contributed by atoms with Crippen molar-refractivity contribution < 1.29 is 4.79 Å². The molecule has 76 valence electrons. The van der Waals surface area contributed by atoms with E-state index in [1.54, 1.807) is 0 Å². The van der Waals surface area contributed by atoms with E-state index < -0.39 is 0 Å². The molecule has 0 radical (unpaired) electrons. The summed E-state index contributed by atoms with van der Waals surface area (Å²) in [6.45, 7) is 5.35. The maximum Gasteiger partial charge on any atom is 0.126 e. The highest BCUT2D eigenvalue weighted by Crippen LogP contribution is 2.23. The number of rotatable bonds is 2. The van der Waals surface area contributed by atoms with Gasteiger partial charge in [0.05, 0.1) is 5.69 Å². The Morgan fingerprint density at radius 1 is 1.64 bits per heavy atom. The third-order valence-electron chi connectivity index (χ3n) is 2.99. The third-order valence-corrected chi connectivity index (χ3v) is 2.99. The number of nitrogens with zero attached hydrogens (tertiary/aromatic N) is 2. The van der Waals surface area contributed by atoms with Gasteiger partial charge in [-0.3, -0.25) is 0 Å². The molecule has 2 rings (SSSR count). The number of aromatic nitrogens is 2. The van der Waals surface area contributed by atoms with Crippen LogP contribution >= 0.6 is 0 Å². The van der Waals surface area contributed by atoms with Crippen LogP contribution in [0.3, 0.4) is 0 Å². The quantitative estimate of drug-likeness (QED) is 0.666. The van der Waals surface area contributed by atoms with Gasteiger partial charge in [-0.05, 0) is 25.7 Å². The highest BCUT2D eigenvalue weighted by atomic mass is 16.1. The maximum atomic E-state index is 10.5. The molecule has 0 spiro atoms. The lowest BCUT2D eigenvalue weighted by Crippen LogP contribution is -2.19. The van der Waals surface area contributed by atoms with E-state index in [1.807, 2.05) is 6.92 Å². The molecule has 0 saturated heterocycles. The van der Waals surface area contributed by atoms with Crippen LogP contribution in [-0.2, 0) is 24.2 Å². The van der Waals surface area contributed by atoms with Crippen LogP contribution in [0.1, 0.15) is 30.6 Å². The van der Waals surface area contributed by atoms with E-state index in [0.717, 1.165) is 36.7 Å². The van der Waals surface area contributed by atoms with Gasteiger partial charge in [-0.2, -0.15) is 0 Å². The summed E-state index contributed by atoms with van der Waals surface area (Å²) in [5.74, 6) is 1.79. The Bertz CT molecular complexity index is 354. The predicted octanol–water partition coefficient (Wildman–Crippen LogP) is 1.52. The van der Waals surface area contributed by atoms with Crippen molar-refractivity contribution >= 4 is 6.29 Å². The van der Waals surface area contributed by atoms with Crippen LogP contribution in [0.5, 0.6) is 0 Å². The van der Waals surface area contributed by atoms with E-state index in [4.69, 9.17) is 0 Å². The fraction of sp³-hybridized carbons (Fsp3) is 0.636. The molecule has 0 aliphatic carbocycles. The predicted molar refractivity (Wildman–Crippen MR) is 54.2 cm³/mol. The first-order valence-electron chi connectivity index (χ1n) is 5.21. The highest BCUT2D eigenvalue weighted by Gasteiger charge is 2.20. The Labute approximate surface area is 84.1 Å². The van der Waals surface area contributed by atoms with Crippen molar-refractivity contribution in [3.63, 3.8) is 0 Å². The van der Waals surface area contributed by atoms with E-state index in [0.29, 0.717) is 6.42 Å². The molecule has 1 atom stereocenters. The molecule has 2 heterocycles. The number of hydrogen-bond donors (Lipinski definition) is 0. The molecular formula is C11H16N2O. The molecule has 0 fully saturated rings. The van der Waals surface area contributed by atoms with Crippen molar-refractivity contribution in [1.82, 2.24) is 9.55 Å². The number of aldehydes is 1. The van der Waals surface area contributed by atoms with Crippen molar-refractivity contribution in [3.8, 4) is 0 Å². The molecule has 0 amide bonds. The average molecular weight is 192 g/mol. The van der Waals surface area contributed by atoms with Crippen molar-refractivity contribution in [2.24, 2.45) is 5.92 Å². The number of fused-ring (bicyclic) bond motifs is 1. The first-order chi connectivity index (χ1) is 6.72. The summed E-state index contributed by atoms with van der Waals surface area (Å²) in [5.41, 5.74) is 2.28. The van der Waals surface area contributed by atoms with E-state index in [2.05, 4.69) is 16.5 Å². The lowest BCUT2D eigenvalue weighted by molar-refractivity contribution is -0.107. The van der Waals surface area contributed by atoms with Crippen molar-refractivity contribution in [1.29, 1.82) is 0 Å². The Hall–Kier alpha value is -1.12. The molecule has 14 heavy (non-hydrogen) atoms. The monoisotopic (exact) mass is 192 g/mol. The van der Waals surface area contributed by atoms with Gasteiger partial charge in [0.15, 0.2) is 0 Å². The third kappa shape index (κ3) is 1.47. The number of hydrogen-bond acceptors (Lipinski definition) is 2. The molecule has 3 heteroatoms. The SMILES string of the molecule is Cc1nc(CC=O)c2n1CC(C)CC2. The lowest BCUT2D eigenvalue weighted by Gasteiger charge is -2.22. The van der Waals surface area contributed by atoms with Crippen molar-refractivity contribution in [2.45, 2.75) is 39.7 Å². The number of imidazole rings is 1. The number of carbonyl (C=O) groups excluding carboxylic acids is 1. The van der Waals surface area contributed by atoms with E-state index >= 15 is 0 Å². The van der Waals surface area contributed by atoms with Crippen LogP contribution in [0.25, 0.3) is 0 Å². The van der Waals surface area contributed by atoms with Crippen LogP contribution in [0.4, 0.5) is 0 Å². The number of carbonyl (C=O) groups is 1. The first-order valence-corrected chi connectivity index (χ1v) is 5.21. The minimum absolute atomic E-state index is 0.470. The average Bonchev–Trinajstić information content (AvgIpc) is 2.44. The molecule has 0 saturated carbocycles. The molecule has 0 N–H and O–H groups in total. The molecule has 1 aromatic rings. The van der Waals surface area contributed by atoms with Crippen LogP contribution in [0.2, 0.25) is 0 Å². The Morgan fingerprint density at radius 3 is 3.14 bits per heavy atom. The Kier molecular flexibility index (Phi) is 2.40. The highest BCUT2D eigenvalue weighted by molar-refractivity contribution is 5.54. The fourth-order valence-electron chi connectivity index (χ4n) is 2.22. The summed E-state index contributed by atoms with van der Waals surface area (Å²) in [6, 6.07) is 0. The molecule has 1 aromatic heterocycles. The van der Waals surface area contributed by atoms with Gasteiger partial charge in [0.1, 0.15) is 12.1 Å². The smallest absolute Gasteiger partial charge is 0.126 e. The second-order valence-electron chi connectivity index (χ2n) is 4.18. The van der Waals surface area contributed by atoms with Crippen molar-refractivity contribution in [2.75, 3.05) is 0 Å². The van der Waals surface area contributed by atoms with Crippen molar-refractivity contribution in [3.05, 3.63) is 17.2 Å². The minimum Gasteiger partial charge on any atom is -0.332 e. The molecule has 1 aliphatic heterocycles. The van der Waals surface area contributed by atoms with Gasteiger partial charge >= 0.3 is 0 Å². The Morgan fingerprint density at radius 2 is 2.43 bits per heavy atom. The molecule has 0 aromatic carbocycles.